The molecule has 0 spiro atoms. The molecule has 2 aromatic carbocycles. The molecule has 0 bridgehead atoms. The number of hydrogen-bond donors (Lipinski definition) is 1. The minimum atomic E-state index is -4.04. The van der Waals surface area contributed by atoms with E-state index in [1.807, 2.05) is 0 Å². The molecule has 0 aromatic heterocycles. The monoisotopic (exact) mass is 328 g/mol. The largest absolute Gasteiger partial charge is 0.478 e. The van der Waals surface area contributed by atoms with Gasteiger partial charge in [0.25, 0.3) is 0 Å². The van der Waals surface area contributed by atoms with Crippen LogP contribution in [0.15, 0.2) is 47.4 Å². The van der Waals surface area contributed by atoms with Crippen LogP contribution in [-0.2, 0) is 15.6 Å². The minimum Gasteiger partial charge on any atom is -0.478 e. The van der Waals surface area contributed by atoms with Crippen molar-refractivity contribution in [1.29, 1.82) is 0 Å². The fraction of sp³-hybridized carbons (Fsp3) is 0.0714. The number of aromatic carboxylic acids is 1. The van der Waals surface area contributed by atoms with Crippen molar-refractivity contribution in [3.63, 3.8) is 0 Å². The number of carboxylic acid groups (broad SMARTS) is 1. The van der Waals surface area contributed by atoms with Gasteiger partial charge in [-0.05, 0) is 24.3 Å². The predicted molar refractivity (Wildman–Crippen MR) is 75.7 cm³/mol. The molecule has 0 aliphatic heterocycles. The van der Waals surface area contributed by atoms with E-state index >= 15 is 0 Å². The Balaban J connectivity index is 2.52. The lowest BCUT2D eigenvalue weighted by molar-refractivity contribution is 0.0692. The van der Waals surface area contributed by atoms with Gasteiger partial charge in [-0.25, -0.2) is 17.6 Å². The normalized spacial score (nSPS) is 11.3. The van der Waals surface area contributed by atoms with Crippen LogP contribution < -0.4 is 0 Å². The zero-order valence-electron chi connectivity index (χ0n) is 10.6. The number of sulfone groups is 1. The first kappa shape index (κ1) is 15.5. The summed E-state index contributed by atoms with van der Waals surface area (Å²) in [7, 11) is -4.04. The highest BCUT2D eigenvalue weighted by molar-refractivity contribution is 7.90. The first-order valence-corrected chi connectivity index (χ1v) is 7.84. The predicted octanol–water partition coefficient (Wildman–Crippen LogP) is 3.15. The molecule has 0 aliphatic carbocycles. The van der Waals surface area contributed by atoms with Gasteiger partial charge in [-0.3, -0.25) is 0 Å². The lowest BCUT2D eigenvalue weighted by atomic mass is 10.2. The molecule has 0 saturated carbocycles. The van der Waals surface area contributed by atoms with Crippen LogP contribution in [0, 0.1) is 5.82 Å². The quantitative estimate of drug-likeness (QED) is 0.935. The third kappa shape index (κ3) is 3.22. The maximum Gasteiger partial charge on any atom is 0.337 e. The van der Waals surface area contributed by atoms with Crippen molar-refractivity contribution in [3.8, 4) is 0 Å². The second-order valence-electron chi connectivity index (χ2n) is 4.26. The Labute approximate surface area is 125 Å². The van der Waals surface area contributed by atoms with Gasteiger partial charge in [-0.2, -0.15) is 0 Å². The van der Waals surface area contributed by atoms with Crippen molar-refractivity contribution < 1.29 is 22.7 Å². The molecule has 0 fully saturated rings. The Bertz CT molecular complexity index is 782. The molecule has 110 valence electrons. The topological polar surface area (TPSA) is 71.4 Å². The molecular formula is C14H10ClFO4S. The maximum atomic E-state index is 13.7. The van der Waals surface area contributed by atoms with Gasteiger partial charge >= 0.3 is 5.97 Å². The van der Waals surface area contributed by atoms with Gasteiger partial charge < -0.3 is 5.11 Å². The van der Waals surface area contributed by atoms with Gasteiger partial charge in [0.1, 0.15) is 5.82 Å². The van der Waals surface area contributed by atoms with Gasteiger partial charge in [-0.1, -0.05) is 29.8 Å². The summed E-state index contributed by atoms with van der Waals surface area (Å²) in [4.78, 5) is 10.7. The lowest BCUT2D eigenvalue weighted by Crippen LogP contribution is -2.12. The molecule has 0 unspecified atom stereocenters. The van der Waals surface area contributed by atoms with Crippen LogP contribution in [0.2, 0.25) is 5.02 Å². The standard InChI is InChI=1S/C14H10ClFO4S/c15-11-5-3-6-12(16)10(11)8-21(19,20)13-7-2-1-4-9(13)14(17)18/h1-7H,8H2,(H,17,18). The number of carboxylic acids is 1. The summed E-state index contributed by atoms with van der Waals surface area (Å²) in [5, 5.41) is 9.02. The average molecular weight is 329 g/mol. The van der Waals surface area contributed by atoms with Crippen molar-refractivity contribution >= 4 is 27.4 Å². The summed E-state index contributed by atoms with van der Waals surface area (Å²) in [5.74, 6) is -2.82. The number of halogens is 2. The second-order valence-corrected chi connectivity index (χ2v) is 6.63. The molecule has 2 aromatic rings. The molecular weight excluding hydrogens is 319 g/mol. The Kier molecular flexibility index (Phi) is 4.29. The van der Waals surface area contributed by atoms with Gasteiger partial charge in [0.05, 0.1) is 16.2 Å². The zero-order chi connectivity index (χ0) is 15.6. The molecule has 4 nitrogen and oxygen atoms in total. The fourth-order valence-corrected chi connectivity index (χ4v) is 3.77. The summed E-state index contributed by atoms with van der Waals surface area (Å²) in [6, 6.07) is 9.00. The van der Waals surface area contributed by atoms with Crippen molar-refractivity contribution in [1.82, 2.24) is 0 Å². The van der Waals surface area contributed by atoms with Crippen molar-refractivity contribution in [2.45, 2.75) is 10.6 Å². The molecule has 7 heteroatoms. The number of rotatable bonds is 4. The van der Waals surface area contributed by atoms with Crippen LogP contribution in [0.4, 0.5) is 4.39 Å². The smallest absolute Gasteiger partial charge is 0.337 e. The molecule has 2 rings (SSSR count). The van der Waals surface area contributed by atoms with E-state index in [0.29, 0.717) is 0 Å². The van der Waals surface area contributed by atoms with Gasteiger partial charge in [0.2, 0.25) is 0 Å². The number of hydrogen-bond acceptors (Lipinski definition) is 3. The molecule has 0 amide bonds. The van der Waals surface area contributed by atoms with Crippen molar-refractivity contribution in [3.05, 3.63) is 64.4 Å². The minimum absolute atomic E-state index is 0.0219. The van der Waals surface area contributed by atoms with E-state index in [9.17, 15) is 17.6 Å². The van der Waals surface area contributed by atoms with Crippen LogP contribution in [0.5, 0.6) is 0 Å². The summed E-state index contributed by atoms with van der Waals surface area (Å²) in [6.45, 7) is 0. The lowest BCUT2D eigenvalue weighted by Gasteiger charge is -2.09. The van der Waals surface area contributed by atoms with E-state index in [1.165, 1.54) is 36.4 Å². The Morgan fingerprint density at radius 2 is 1.81 bits per heavy atom. The van der Waals surface area contributed by atoms with Crippen LogP contribution in [0.25, 0.3) is 0 Å². The molecule has 1 N–H and O–H groups in total. The number of carbonyl (C=O) groups is 1. The third-order valence-corrected chi connectivity index (χ3v) is 4.90. The third-order valence-electron chi connectivity index (χ3n) is 2.85. The highest BCUT2D eigenvalue weighted by Gasteiger charge is 2.24. The van der Waals surface area contributed by atoms with Crippen LogP contribution in [0.1, 0.15) is 15.9 Å². The van der Waals surface area contributed by atoms with E-state index in [-0.39, 0.29) is 21.0 Å². The van der Waals surface area contributed by atoms with E-state index in [1.54, 1.807) is 0 Å². The zero-order valence-corrected chi connectivity index (χ0v) is 12.2. The molecule has 21 heavy (non-hydrogen) atoms. The first-order chi connectivity index (χ1) is 9.83. The highest BCUT2D eigenvalue weighted by atomic mass is 35.5. The fourth-order valence-electron chi connectivity index (χ4n) is 1.85. The molecule has 0 heterocycles. The Morgan fingerprint density at radius 3 is 2.43 bits per heavy atom. The van der Waals surface area contributed by atoms with Gasteiger partial charge in [0.15, 0.2) is 9.84 Å². The van der Waals surface area contributed by atoms with E-state index in [4.69, 9.17) is 16.7 Å². The van der Waals surface area contributed by atoms with Gasteiger partial charge in [-0.15, -0.1) is 0 Å². The number of benzene rings is 2. The summed E-state index contributed by atoms with van der Waals surface area (Å²) in [6.07, 6.45) is 0. The molecule has 0 aliphatic rings. The van der Waals surface area contributed by atoms with E-state index in [2.05, 4.69) is 0 Å². The SMILES string of the molecule is O=C(O)c1ccccc1S(=O)(=O)Cc1c(F)cccc1Cl. The van der Waals surface area contributed by atoms with E-state index in [0.717, 1.165) is 6.07 Å². The Hall–Kier alpha value is -1.92. The van der Waals surface area contributed by atoms with Gasteiger partial charge in [0, 0.05) is 10.6 Å². The summed E-state index contributed by atoms with van der Waals surface area (Å²) < 4.78 is 38.4. The van der Waals surface area contributed by atoms with E-state index < -0.39 is 27.4 Å². The van der Waals surface area contributed by atoms with Crippen molar-refractivity contribution in [2.24, 2.45) is 0 Å². The molecule has 0 atom stereocenters. The average Bonchev–Trinajstić information content (AvgIpc) is 2.43. The van der Waals surface area contributed by atoms with Crippen LogP contribution >= 0.6 is 11.6 Å². The summed E-state index contributed by atoms with van der Waals surface area (Å²) in [5.41, 5.74) is -0.538. The van der Waals surface area contributed by atoms with Crippen LogP contribution in [0.3, 0.4) is 0 Å². The van der Waals surface area contributed by atoms with Crippen LogP contribution in [-0.4, -0.2) is 19.5 Å². The second kappa shape index (κ2) is 5.83. The summed E-state index contributed by atoms with van der Waals surface area (Å²) >= 11 is 5.80. The first-order valence-electron chi connectivity index (χ1n) is 5.81. The highest BCUT2D eigenvalue weighted by Crippen LogP contribution is 2.26. The Morgan fingerprint density at radius 1 is 1.14 bits per heavy atom. The molecule has 0 saturated heterocycles. The molecule has 0 radical (unpaired) electrons. The van der Waals surface area contributed by atoms with Crippen molar-refractivity contribution in [2.75, 3.05) is 0 Å². The maximum absolute atomic E-state index is 13.7.